The molecule has 1 aromatic rings. The van der Waals surface area contributed by atoms with Gasteiger partial charge in [-0.1, -0.05) is 20.8 Å². The Kier molecular flexibility index (Phi) is 3.31. The van der Waals surface area contributed by atoms with Crippen LogP contribution in [0, 0.1) is 0 Å². The summed E-state index contributed by atoms with van der Waals surface area (Å²) in [6, 6.07) is 1.69. The van der Waals surface area contributed by atoms with Gasteiger partial charge in [-0.3, -0.25) is 14.7 Å². The number of hydrogen-bond donors (Lipinski definition) is 3. The highest BCUT2D eigenvalue weighted by atomic mass is 16.4. The van der Waals surface area contributed by atoms with Gasteiger partial charge in [-0.25, -0.2) is 0 Å². The quantitative estimate of drug-likeness (QED) is 0.672. The van der Waals surface area contributed by atoms with Crippen molar-refractivity contribution in [1.82, 2.24) is 10.2 Å². The number of anilines is 1. The van der Waals surface area contributed by atoms with Crippen LogP contribution in [0.1, 0.15) is 32.9 Å². The van der Waals surface area contributed by atoms with Crippen molar-refractivity contribution in [3.8, 4) is 0 Å². The minimum absolute atomic E-state index is 0.0945. The zero-order valence-corrected chi connectivity index (χ0v) is 9.50. The van der Waals surface area contributed by atoms with E-state index in [1.807, 2.05) is 20.8 Å². The Bertz CT molecular complexity index is 404. The summed E-state index contributed by atoms with van der Waals surface area (Å²) in [6.45, 7) is 6.01. The molecule has 1 rings (SSSR count). The molecule has 1 aromatic heterocycles. The molecule has 1 amide bonds. The number of amides is 1. The first-order valence-corrected chi connectivity index (χ1v) is 4.86. The van der Waals surface area contributed by atoms with Crippen LogP contribution in [0.5, 0.6) is 0 Å². The zero-order valence-electron chi connectivity index (χ0n) is 9.50. The lowest BCUT2D eigenvalue weighted by Gasteiger charge is -2.14. The van der Waals surface area contributed by atoms with Crippen LogP contribution in [0.15, 0.2) is 6.07 Å². The Morgan fingerprint density at radius 3 is 2.56 bits per heavy atom. The van der Waals surface area contributed by atoms with Crippen LogP contribution < -0.4 is 5.32 Å². The van der Waals surface area contributed by atoms with E-state index in [1.165, 1.54) is 0 Å². The minimum Gasteiger partial charge on any atom is -0.481 e. The summed E-state index contributed by atoms with van der Waals surface area (Å²) in [7, 11) is 0. The SMILES string of the molecule is CC(C)(C)c1cc(NC(=O)CC(=O)O)n[nH]1. The number of carboxylic acids is 1. The Morgan fingerprint density at radius 2 is 2.12 bits per heavy atom. The van der Waals surface area contributed by atoms with Gasteiger partial charge < -0.3 is 10.4 Å². The fourth-order valence-corrected chi connectivity index (χ4v) is 1.09. The summed E-state index contributed by atoms with van der Waals surface area (Å²) in [4.78, 5) is 21.4. The Morgan fingerprint density at radius 1 is 1.50 bits per heavy atom. The lowest BCUT2D eigenvalue weighted by Crippen LogP contribution is -2.16. The van der Waals surface area contributed by atoms with Crippen LogP contribution in [-0.2, 0) is 15.0 Å². The van der Waals surface area contributed by atoms with E-state index in [9.17, 15) is 9.59 Å². The van der Waals surface area contributed by atoms with Crippen molar-refractivity contribution in [2.75, 3.05) is 5.32 Å². The van der Waals surface area contributed by atoms with E-state index in [1.54, 1.807) is 6.07 Å². The number of aliphatic carboxylic acids is 1. The van der Waals surface area contributed by atoms with Crippen molar-refractivity contribution in [3.05, 3.63) is 11.8 Å². The second-order valence-corrected chi connectivity index (χ2v) is 4.54. The van der Waals surface area contributed by atoms with Gasteiger partial charge in [0.15, 0.2) is 5.82 Å². The minimum atomic E-state index is -1.16. The number of aromatic nitrogens is 2. The largest absolute Gasteiger partial charge is 0.481 e. The molecule has 0 saturated heterocycles. The predicted molar refractivity (Wildman–Crippen MR) is 58.2 cm³/mol. The number of carboxylic acid groups (broad SMARTS) is 1. The van der Waals surface area contributed by atoms with Gasteiger partial charge in [0.05, 0.1) is 0 Å². The summed E-state index contributed by atoms with van der Waals surface area (Å²) < 4.78 is 0. The van der Waals surface area contributed by atoms with Crippen LogP contribution in [-0.4, -0.2) is 27.2 Å². The normalized spacial score (nSPS) is 11.2. The molecule has 0 fully saturated rings. The first-order valence-electron chi connectivity index (χ1n) is 4.86. The molecule has 16 heavy (non-hydrogen) atoms. The van der Waals surface area contributed by atoms with Gasteiger partial charge in [0.2, 0.25) is 5.91 Å². The van der Waals surface area contributed by atoms with Crippen LogP contribution in [0.2, 0.25) is 0 Å². The molecular formula is C10H15N3O3. The Hall–Kier alpha value is -1.85. The lowest BCUT2D eigenvalue weighted by molar-refractivity contribution is -0.139. The first kappa shape index (κ1) is 12.2. The molecule has 1 heterocycles. The second-order valence-electron chi connectivity index (χ2n) is 4.54. The van der Waals surface area contributed by atoms with Crippen molar-refractivity contribution in [3.63, 3.8) is 0 Å². The predicted octanol–water partition coefficient (Wildman–Crippen LogP) is 1.12. The molecule has 6 nitrogen and oxygen atoms in total. The fraction of sp³-hybridized carbons (Fsp3) is 0.500. The highest BCUT2D eigenvalue weighted by molar-refractivity contribution is 6.00. The van der Waals surface area contributed by atoms with Crippen molar-refractivity contribution in [2.24, 2.45) is 0 Å². The molecule has 3 N–H and O–H groups in total. The van der Waals surface area contributed by atoms with Gasteiger partial charge in [0.25, 0.3) is 0 Å². The molecule has 0 saturated carbocycles. The maximum absolute atomic E-state index is 11.1. The molecule has 6 heteroatoms. The van der Waals surface area contributed by atoms with Crippen LogP contribution in [0.3, 0.4) is 0 Å². The van der Waals surface area contributed by atoms with Crippen molar-refractivity contribution < 1.29 is 14.7 Å². The van der Waals surface area contributed by atoms with E-state index in [0.29, 0.717) is 5.82 Å². The Balaban J connectivity index is 2.66. The topological polar surface area (TPSA) is 95.1 Å². The van der Waals surface area contributed by atoms with E-state index < -0.39 is 18.3 Å². The van der Waals surface area contributed by atoms with Gasteiger partial charge >= 0.3 is 5.97 Å². The first-order chi connectivity index (χ1) is 7.29. The Labute approximate surface area is 93.1 Å². The maximum Gasteiger partial charge on any atom is 0.312 e. The third-order valence-corrected chi connectivity index (χ3v) is 1.97. The molecule has 0 spiro atoms. The van der Waals surface area contributed by atoms with Crippen LogP contribution in [0.25, 0.3) is 0 Å². The van der Waals surface area contributed by atoms with Crippen molar-refractivity contribution in [2.45, 2.75) is 32.6 Å². The third-order valence-electron chi connectivity index (χ3n) is 1.97. The average Bonchev–Trinajstić information content (AvgIpc) is 2.49. The van der Waals surface area contributed by atoms with Gasteiger partial charge in [-0.05, 0) is 0 Å². The molecule has 0 atom stereocenters. The van der Waals surface area contributed by atoms with E-state index in [2.05, 4.69) is 15.5 Å². The molecule has 0 aliphatic carbocycles. The molecule has 0 aromatic carbocycles. The summed E-state index contributed by atoms with van der Waals surface area (Å²) in [5.41, 5.74) is 0.779. The summed E-state index contributed by atoms with van der Waals surface area (Å²) in [6.07, 6.45) is -0.558. The molecule has 0 radical (unpaired) electrons. The van der Waals surface area contributed by atoms with Crippen molar-refractivity contribution in [1.29, 1.82) is 0 Å². The number of aromatic amines is 1. The number of hydrogen-bond acceptors (Lipinski definition) is 3. The number of carbonyl (C=O) groups is 2. The van der Waals surface area contributed by atoms with Crippen LogP contribution in [0.4, 0.5) is 5.82 Å². The lowest BCUT2D eigenvalue weighted by atomic mass is 9.92. The molecule has 0 aliphatic heterocycles. The van der Waals surface area contributed by atoms with E-state index in [-0.39, 0.29) is 5.41 Å². The fourth-order valence-electron chi connectivity index (χ4n) is 1.09. The number of rotatable bonds is 3. The van der Waals surface area contributed by atoms with E-state index in [4.69, 9.17) is 5.11 Å². The van der Waals surface area contributed by atoms with E-state index in [0.717, 1.165) is 5.69 Å². The number of nitrogens with zero attached hydrogens (tertiary/aromatic N) is 1. The molecule has 0 aliphatic rings. The number of nitrogens with one attached hydrogen (secondary N) is 2. The smallest absolute Gasteiger partial charge is 0.312 e. The van der Waals surface area contributed by atoms with Gasteiger partial charge in [0, 0.05) is 17.2 Å². The number of carbonyl (C=O) groups excluding carboxylic acids is 1. The van der Waals surface area contributed by atoms with Crippen molar-refractivity contribution >= 4 is 17.7 Å². The van der Waals surface area contributed by atoms with Crippen LogP contribution >= 0.6 is 0 Å². The second kappa shape index (κ2) is 4.34. The average molecular weight is 225 g/mol. The van der Waals surface area contributed by atoms with Gasteiger partial charge in [0.1, 0.15) is 6.42 Å². The third kappa shape index (κ3) is 3.38. The monoisotopic (exact) mass is 225 g/mol. The number of H-pyrrole nitrogens is 1. The summed E-state index contributed by atoms with van der Waals surface area (Å²) >= 11 is 0. The highest BCUT2D eigenvalue weighted by Gasteiger charge is 2.17. The zero-order chi connectivity index (χ0) is 12.3. The van der Waals surface area contributed by atoms with E-state index >= 15 is 0 Å². The molecule has 88 valence electrons. The summed E-state index contributed by atoms with van der Waals surface area (Å²) in [5.74, 6) is -1.40. The van der Waals surface area contributed by atoms with Gasteiger partial charge in [-0.2, -0.15) is 5.10 Å². The standard InChI is InChI=1S/C10H15N3O3/c1-10(2,3)6-4-7(13-12-6)11-8(14)5-9(15)16/h4H,5H2,1-3H3,(H,15,16)(H2,11,12,13,14). The highest BCUT2D eigenvalue weighted by Crippen LogP contribution is 2.21. The maximum atomic E-state index is 11.1. The summed E-state index contributed by atoms with van der Waals surface area (Å²) in [5, 5.41) is 17.5. The van der Waals surface area contributed by atoms with Gasteiger partial charge in [-0.15, -0.1) is 0 Å². The molecule has 0 unspecified atom stereocenters. The molecular weight excluding hydrogens is 210 g/mol. The molecule has 0 bridgehead atoms.